The van der Waals surface area contributed by atoms with E-state index < -0.39 is 12.2 Å². The van der Waals surface area contributed by atoms with E-state index in [-0.39, 0.29) is 42.6 Å². The molecule has 2 fully saturated rings. The van der Waals surface area contributed by atoms with Crippen LogP contribution in [0.2, 0.25) is 0 Å². The number of ether oxygens (including phenoxy) is 3. The summed E-state index contributed by atoms with van der Waals surface area (Å²) in [7, 11) is 0. The van der Waals surface area contributed by atoms with E-state index in [0.717, 1.165) is 95.5 Å². The maximum atomic E-state index is 11.6. The molecule has 3 aliphatic rings. The third kappa shape index (κ3) is 14.2. The Labute approximate surface area is 268 Å². The Kier molecular flexibility index (Phi) is 18.5. The van der Waals surface area contributed by atoms with E-state index in [1.165, 1.54) is 64.2 Å². The van der Waals surface area contributed by atoms with E-state index in [1.807, 2.05) is 13.0 Å². The van der Waals surface area contributed by atoms with Gasteiger partial charge < -0.3 is 29.5 Å². The zero-order chi connectivity index (χ0) is 31.6. The van der Waals surface area contributed by atoms with E-state index in [1.54, 1.807) is 0 Å². The quantitative estimate of drug-likeness (QED) is 0.0703. The van der Waals surface area contributed by atoms with Crippen LogP contribution in [0.15, 0.2) is 11.6 Å². The van der Waals surface area contributed by atoms with Gasteiger partial charge in [0.15, 0.2) is 0 Å². The Bertz CT molecular complexity index is 801. The van der Waals surface area contributed by atoms with Crippen molar-refractivity contribution in [3.05, 3.63) is 11.6 Å². The molecule has 0 unspecified atom stereocenters. The van der Waals surface area contributed by atoms with Crippen LogP contribution in [0.5, 0.6) is 0 Å². The van der Waals surface area contributed by atoms with E-state index >= 15 is 0 Å². The number of aliphatic hydroxyl groups is 3. The van der Waals surface area contributed by atoms with Crippen molar-refractivity contribution in [1.82, 2.24) is 0 Å². The molecule has 0 spiro atoms. The molecule has 3 rings (SSSR count). The van der Waals surface area contributed by atoms with E-state index in [0.29, 0.717) is 0 Å². The second kappa shape index (κ2) is 21.7. The van der Waals surface area contributed by atoms with E-state index in [2.05, 4.69) is 6.92 Å². The van der Waals surface area contributed by atoms with Crippen molar-refractivity contribution in [1.29, 1.82) is 0 Å². The van der Waals surface area contributed by atoms with Crippen LogP contribution in [-0.4, -0.2) is 70.1 Å². The van der Waals surface area contributed by atoms with Crippen molar-refractivity contribution in [3.8, 4) is 0 Å². The first-order valence-electron chi connectivity index (χ1n) is 18.6. The van der Waals surface area contributed by atoms with Gasteiger partial charge >= 0.3 is 5.97 Å². The normalized spacial score (nSPS) is 27.4. The number of rotatable bonds is 25. The van der Waals surface area contributed by atoms with Gasteiger partial charge in [-0.15, -0.1) is 0 Å². The number of hydrogen-bond donors (Lipinski definition) is 3. The van der Waals surface area contributed by atoms with Crippen molar-refractivity contribution < 1.29 is 34.3 Å². The van der Waals surface area contributed by atoms with E-state index in [4.69, 9.17) is 14.2 Å². The average Bonchev–Trinajstić information content (AvgIpc) is 3.76. The maximum Gasteiger partial charge on any atom is 0.334 e. The molecule has 3 aliphatic heterocycles. The SMILES string of the molecule is CCCCC[C@H](O)CCCC[C@H](O)[C@@H]1CC[C@H]([C@H]2CC[C@@H]([C@@H](O)CCCCCCCCCCCCC3=C[C@@H](C)OC3=O)O2)O1. The highest BCUT2D eigenvalue weighted by Crippen LogP contribution is 2.34. The van der Waals surface area contributed by atoms with Crippen LogP contribution in [0.4, 0.5) is 0 Å². The lowest BCUT2D eigenvalue weighted by Crippen LogP contribution is -2.33. The predicted molar refractivity (Wildman–Crippen MR) is 175 cm³/mol. The second-order valence-electron chi connectivity index (χ2n) is 14.0. The van der Waals surface area contributed by atoms with Gasteiger partial charge in [-0.05, 0) is 77.2 Å². The molecular formula is C37H66O7. The number of hydrogen-bond acceptors (Lipinski definition) is 7. The molecule has 7 nitrogen and oxygen atoms in total. The van der Waals surface area contributed by atoms with Crippen LogP contribution >= 0.6 is 0 Å². The van der Waals surface area contributed by atoms with Gasteiger partial charge in [-0.25, -0.2) is 4.79 Å². The fraction of sp³-hybridized carbons (Fsp3) is 0.919. The zero-order valence-corrected chi connectivity index (χ0v) is 28.1. The number of esters is 1. The molecule has 0 aromatic rings. The predicted octanol–water partition coefficient (Wildman–Crippen LogP) is 7.86. The molecule has 7 heteroatoms. The van der Waals surface area contributed by atoms with Gasteiger partial charge in [0.1, 0.15) is 6.10 Å². The molecule has 0 aromatic carbocycles. The second-order valence-corrected chi connectivity index (χ2v) is 14.0. The Balaban J connectivity index is 1.13. The summed E-state index contributed by atoms with van der Waals surface area (Å²) in [5.41, 5.74) is 0.863. The maximum absolute atomic E-state index is 11.6. The Hall–Kier alpha value is -0.990. The van der Waals surface area contributed by atoms with Gasteiger partial charge in [-0.3, -0.25) is 0 Å². The summed E-state index contributed by atoms with van der Waals surface area (Å²) in [5, 5.41) is 31.5. The number of unbranched alkanes of at least 4 members (excludes halogenated alkanes) is 12. The van der Waals surface area contributed by atoms with Crippen molar-refractivity contribution in [2.75, 3.05) is 0 Å². The van der Waals surface area contributed by atoms with Crippen molar-refractivity contribution in [2.45, 2.75) is 217 Å². The highest BCUT2D eigenvalue weighted by molar-refractivity contribution is 5.90. The lowest BCUT2D eigenvalue weighted by atomic mass is 10.00. The molecule has 0 radical (unpaired) electrons. The van der Waals surface area contributed by atoms with Crippen molar-refractivity contribution in [3.63, 3.8) is 0 Å². The van der Waals surface area contributed by atoms with Crippen LogP contribution in [0, 0.1) is 0 Å². The van der Waals surface area contributed by atoms with Crippen molar-refractivity contribution >= 4 is 5.97 Å². The van der Waals surface area contributed by atoms with Crippen LogP contribution < -0.4 is 0 Å². The lowest BCUT2D eigenvalue weighted by molar-refractivity contribution is -0.139. The number of carbonyl (C=O) groups is 1. The van der Waals surface area contributed by atoms with Gasteiger partial charge in [0.05, 0.1) is 42.7 Å². The highest BCUT2D eigenvalue weighted by Gasteiger charge is 2.40. The summed E-state index contributed by atoms with van der Waals surface area (Å²) in [6, 6.07) is 0. The molecule has 0 aliphatic carbocycles. The zero-order valence-electron chi connectivity index (χ0n) is 28.1. The van der Waals surface area contributed by atoms with Crippen LogP contribution in [0.1, 0.15) is 168 Å². The molecule has 0 saturated carbocycles. The minimum atomic E-state index is -0.447. The summed E-state index contributed by atoms with van der Waals surface area (Å²) in [6.07, 6.45) is 25.8. The van der Waals surface area contributed by atoms with Crippen LogP contribution in [0.3, 0.4) is 0 Å². The van der Waals surface area contributed by atoms with Gasteiger partial charge in [0.25, 0.3) is 0 Å². The Morgan fingerprint density at radius 1 is 0.659 bits per heavy atom. The molecule has 3 heterocycles. The molecule has 0 bridgehead atoms. The molecule has 0 amide bonds. The van der Waals surface area contributed by atoms with Gasteiger partial charge in [0, 0.05) is 5.57 Å². The number of carbonyl (C=O) groups excluding carboxylic acids is 1. The first-order valence-corrected chi connectivity index (χ1v) is 18.6. The highest BCUT2D eigenvalue weighted by atomic mass is 16.6. The summed E-state index contributed by atoms with van der Waals surface area (Å²) in [5.74, 6) is -0.123. The van der Waals surface area contributed by atoms with Gasteiger partial charge in [-0.2, -0.15) is 0 Å². The molecule has 3 N–H and O–H groups in total. The summed E-state index contributed by atoms with van der Waals surface area (Å²) in [6.45, 7) is 4.09. The van der Waals surface area contributed by atoms with Crippen LogP contribution in [0.25, 0.3) is 0 Å². The minimum absolute atomic E-state index is 0.0274. The largest absolute Gasteiger partial charge is 0.455 e. The average molecular weight is 623 g/mol. The van der Waals surface area contributed by atoms with E-state index in [9.17, 15) is 20.1 Å². The summed E-state index contributed by atoms with van der Waals surface area (Å²) < 4.78 is 17.7. The first-order chi connectivity index (χ1) is 21.4. The summed E-state index contributed by atoms with van der Waals surface area (Å²) >= 11 is 0. The molecule has 2 saturated heterocycles. The number of cyclic esters (lactones) is 1. The topological polar surface area (TPSA) is 105 Å². The summed E-state index contributed by atoms with van der Waals surface area (Å²) in [4.78, 5) is 11.6. The first kappa shape index (κ1) is 37.5. The van der Waals surface area contributed by atoms with Crippen molar-refractivity contribution in [2.24, 2.45) is 0 Å². The molecule has 256 valence electrons. The Morgan fingerprint density at radius 2 is 1.11 bits per heavy atom. The van der Waals surface area contributed by atoms with Gasteiger partial charge in [-0.1, -0.05) is 96.8 Å². The standard InChI is InChI=1S/C37H66O7/c1-3-4-13-19-30(38)20-16-17-22-32(40)34-24-26-36(44-34)35-25-23-33(43-35)31(39)21-15-12-10-8-6-5-7-9-11-14-18-29-27-28(2)42-37(29)41/h27-28,30-36,38-40H,3-26H2,1-2H3/t28-,30+,31+,32+,33+,34+,35-,36-/m1/s1. The molecule has 0 aromatic heterocycles. The monoisotopic (exact) mass is 622 g/mol. The number of aliphatic hydroxyl groups excluding tert-OH is 3. The van der Waals surface area contributed by atoms with Crippen LogP contribution in [-0.2, 0) is 19.0 Å². The fourth-order valence-corrected chi connectivity index (χ4v) is 7.27. The minimum Gasteiger partial charge on any atom is -0.455 e. The smallest absolute Gasteiger partial charge is 0.334 e. The molecular weight excluding hydrogens is 556 g/mol. The molecule has 44 heavy (non-hydrogen) atoms. The van der Waals surface area contributed by atoms with Gasteiger partial charge in [0.2, 0.25) is 0 Å². The third-order valence-corrected chi connectivity index (χ3v) is 10.1. The third-order valence-electron chi connectivity index (χ3n) is 10.1. The Morgan fingerprint density at radius 3 is 1.61 bits per heavy atom. The molecule has 8 atom stereocenters. The lowest BCUT2D eigenvalue weighted by Gasteiger charge is -2.24. The fourth-order valence-electron chi connectivity index (χ4n) is 7.27.